The van der Waals surface area contributed by atoms with Gasteiger partial charge >= 0.3 is 6.03 Å². The molecule has 2 heterocycles. The van der Waals surface area contributed by atoms with Crippen LogP contribution in [-0.2, 0) is 23.3 Å². The van der Waals surface area contributed by atoms with Gasteiger partial charge in [0, 0.05) is 5.56 Å². The highest BCUT2D eigenvalue weighted by molar-refractivity contribution is 6.07. The summed E-state index contributed by atoms with van der Waals surface area (Å²) in [5.74, 6) is 0.325. The number of rotatable bonds is 6. The monoisotopic (exact) mass is 390 g/mol. The van der Waals surface area contributed by atoms with E-state index in [0.717, 1.165) is 22.4 Å². The Morgan fingerprint density at radius 3 is 2.41 bits per heavy atom. The van der Waals surface area contributed by atoms with E-state index in [-0.39, 0.29) is 18.3 Å². The summed E-state index contributed by atoms with van der Waals surface area (Å²) < 4.78 is 5.31. The maximum atomic E-state index is 13.2. The van der Waals surface area contributed by atoms with Gasteiger partial charge in [-0.1, -0.05) is 73.6 Å². The predicted octanol–water partition coefficient (Wildman–Crippen LogP) is 3.66. The first-order valence-electron chi connectivity index (χ1n) is 9.69. The summed E-state index contributed by atoms with van der Waals surface area (Å²) in [7, 11) is 0. The van der Waals surface area contributed by atoms with Crippen molar-refractivity contribution in [3.63, 3.8) is 0 Å². The summed E-state index contributed by atoms with van der Waals surface area (Å²) in [5.41, 5.74) is 1.72. The Labute approximate surface area is 168 Å². The highest BCUT2D eigenvalue weighted by atomic mass is 16.5. The van der Waals surface area contributed by atoms with Crippen LogP contribution in [0.4, 0.5) is 4.79 Å². The number of carbonyl (C=O) groups excluding carboxylic acids is 2. The van der Waals surface area contributed by atoms with Gasteiger partial charge in [0.1, 0.15) is 12.1 Å². The van der Waals surface area contributed by atoms with Crippen molar-refractivity contribution in [2.45, 2.75) is 38.8 Å². The van der Waals surface area contributed by atoms with E-state index in [0.29, 0.717) is 12.2 Å². The zero-order chi connectivity index (χ0) is 20.4. The average molecular weight is 390 g/mol. The van der Waals surface area contributed by atoms with Gasteiger partial charge in [-0.2, -0.15) is 4.98 Å². The largest absolute Gasteiger partial charge is 0.337 e. The second kappa shape index (κ2) is 7.50. The molecule has 148 valence electrons. The number of carbonyl (C=O) groups is 2. The van der Waals surface area contributed by atoms with Crippen molar-refractivity contribution >= 4 is 11.9 Å². The van der Waals surface area contributed by atoms with Gasteiger partial charge < -0.3 is 9.84 Å². The highest BCUT2D eigenvalue weighted by Gasteiger charge is 2.51. The molecule has 1 atom stereocenters. The molecule has 1 fully saturated rings. The molecule has 0 radical (unpaired) electrons. The Bertz CT molecular complexity index is 1030. The summed E-state index contributed by atoms with van der Waals surface area (Å²) in [6.07, 6.45) is 1.39. The van der Waals surface area contributed by atoms with E-state index in [1.165, 1.54) is 5.56 Å². The zero-order valence-corrected chi connectivity index (χ0v) is 16.4. The van der Waals surface area contributed by atoms with E-state index in [1.807, 2.05) is 61.5 Å². The van der Waals surface area contributed by atoms with Gasteiger partial charge in [0.25, 0.3) is 5.91 Å². The maximum Gasteiger partial charge on any atom is 0.325 e. The first-order chi connectivity index (χ1) is 14.1. The van der Waals surface area contributed by atoms with Crippen molar-refractivity contribution in [3.05, 3.63) is 71.6 Å². The summed E-state index contributed by atoms with van der Waals surface area (Å²) >= 11 is 0. The first kappa shape index (κ1) is 18.9. The molecule has 3 aromatic rings. The highest BCUT2D eigenvalue weighted by Crippen LogP contribution is 2.33. The normalized spacial score (nSPS) is 18.9. The number of imide groups is 1. The quantitative estimate of drug-likeness (QED) is 0.649. The molecule has 0 aliphatic carbocycles. The fourth-order valence-electron chi connectivity index (χ4n) is 3.59. The number of nitrogens with one attached hydrogen (secondary N) is 1. The molecule has 2 aromatic carbocycles. The van der Waals surface area contributed by atoms with Crippen LogP contribution in [0.25, 0.3) is 11.4 Å². The van der Waals surface area contributed by atoms with E-state index in [9.17, 15) is 9.59 Å². The van der Waals surface area contributed by atoms with Gasteiger partial charge in [-0.05, 0) is 24.0 Å². The maximum absolute atomic E-state index is 13.2. The van der Waals surface area contributed by atoms with E-state index in [4.69, 9.17) is 4.52 Å². The third kappa shape index (κ3) is 3.29. The van der Waals surface area contributed by atoms with Crippen LogP contribution in [0.5, 0.6) is 0 Å². The van der Waals surface area contributed by atoms with Gasteiger partial charge in [0.2, 0.25) is 11.7 Å². The molecule has 0 spiro atoms. The van der Waals surface area contributed by atoms with Crippen molar-refractivity contribution in [3.8, 4) is 11.4 Å². The van der Waals surface area contributed by atoms with Crippen molar-refractivity contribution in [2.75, 3.05) is 0 Å². The molecule has 0 saturated carbocycles. The molecule has 1 aliphatic heterocycles. The van der Waals surface area contributed by atoms with Gasteiger partial charge in [0.05, 0.1) is 0 Å². The number of hydrogen-bond acceptors (Lipinski definition) is 5. The topological polar surface area (TPSA) is 88.3 Å². The van der Waals surface area contributed by atoms with Crippen LogP contribution < -0.4 is 5.32 Å². The Morgan fingerprint density at radius 1 is 1.03 bits per heavy atom. The zero-order valence-electron chi connectivity index (χ0n) is 16.4. The van der Waals surface area contributed by atoms with Gasteiger partial charge in [-0.25, -0.2) is 4.79 Å². The molecule has 1 unspecified atom stereocenters. The Kier molecular flexibility index (Phi) is 4.88. The SMILES string of the molecule is CCc1ccc(-c2noc(CN3C(=O)NC(CC)(c4ccccc4)C3=O)n2)cc1. The standard InChI is InChI=1S/C22H22N4O3/c1-3-15-10-12-16(13-11-15)19-23-18(29-25-19)14-26-20(27)22(4-2,24-21(26)28)17-8-6-5-7-9-17/h5-13H,3-4,14H2,1-2H3,(H,24,28). The minimum absolute atomic E-state index is 0.0701. The molecule has 4 rings (SSSR count). The van der Waals surface area contributed by atoms with Crippen LogP contribution in [0.15, 0.2) is 59.1 Å². The molecular formula is C22H22N4O3. The molecule has 0 bridgehead atoms. The molecule has 1 aliphatic rings. The molecule has 3 amide bonds. The second-order valence-electron chi connectivity index (χ2n) is 7.01. The molecular weight excluding hydrogens is 368 g/mol. The Morgan fingerprint density at radius 2 is 1.76 bits per heavy atom. The van der Waals surface area contributed by atoms with Gasteiger partial charge in [0.15, 0.2) is 0 Å². The number of amides is 3. The molecule has 1 N–H and O–H groups in total. The Balaban J connectivity index is 1.56. The second-order valence-corrected chi connectivity index (χ2v) is 7.01. The summed E-state index contributed by atoms with van der Waals surface area (Å²) in [6, 6.07) is 16.7. The number of nitrogens with zero attached hydrogens (tertiary/aromatic N) is 3. The molecule has 1 aromatic heterocycles. The van der Waals surface area contributed by atoms with Gasteiger partial charge in [-0.15, -0.1) is 0 Å². The predicted molar refractivity (Wildman–Crippen MR) is 107 cm³/mol. The van der Waals surface area contributed by atoms with Crippen LogP contribution in [0.2, 0.25) is 0 Å². The molecule has 7 nitrogen and oxygen atoms in total. The van der Waals surface area contributed by atoms with Crippen LogP contribution in [0, 0.1) is 0 Å². The Hall–Kier alpha value is -3.48. The van der Waals surface area contributed by atoms with E-state index < -0.39 is 11.6 Å². The number of benzene rings is 2. The smallest absolute Gasteiger partial charge is 0.325 e. The third-order valence-electron chi connectivity index (χ3n) is 5.35. The average Bonchev–Trinajstić information content (AvgIpc) is 3.33. The molecule has 29 heavy (non-hydrogen) atoms. The lowest BCUT2D eigenvalue weighted by Gasteiger charge is -2.25. The summed E-state index contributed by atoms with van der Waals surface area (Å²) in [6.45, 7) is 3.89. The number of urea groups is 1. The first-order valence-corrected chi connectivity index (χ1v) is 9.69. The van der Waals surface area contributed by atoms with E-state index in [2.05, 4.69) is 22.4 Å². The molecule has 7 heteroatoms. The van der Waals surface area contributed by atoms with Crippen LogP contribution in [-0.4, -0.2) is 27.0 Å². The van der Waals surface area contributed by atoms with Crippen LogP contribution in [0.1, 0.15) is 37.3 Å². The molecule has 1 saturated heterocycles. The fourth-order valence-corrected chi connectivity index (χ4v) is 3.59. The van der Waals surface area contributed by atoms with Crippen LogP contribution >= 0.6 is 0 Å². The van der Waals surface area contributed by atoms with Gasteiger partial charge in [-0.3, -0.25) is 9.69 Å². The number of aromatic nitrogens is 2. The van der Waals surface area contributed by atoms with Crippen molar-refractivity contribution in [2.24, 2.45) is 0 Å². The third-order valence-corrected chi connectivity index (χ3v) is 5.35. The lowest BCUT2D eigenvalue weighted by molar-refractivity contribution is -0.132. The van der Waals surface area contributed by atoms with Crippen molar-refractivity contribution < 1.29 is 14.1 Å². The summed E-state index contributed by atoms with van der Waals surface area (Å²) in [5, 5.41) is 6.85. The minimum atomic E-state index is -1.07. The van der Waals surface area contributed by atoms with Crippen molar-refractivity contribution in [1.29, 1.82) is 0 Å². The number of aryl methyl sites for hydroxylation is 1. The fraction of sp³-hybridized carbons (Fsp3) is 0.273. The summed E-state index contributed by atoms with van der Waals surface area (Å²) in [4.78, 5) is 31.3. The van der Waals surface area contributed by atoms with Crippen molar-refractivity contribution in [1.82, 2.24) is 20.4 Å². The number of hydrogen-bond donors (Lipinski definition) is 1. The van der Waals surface area contributed by atoms with E-state index in [1.54, 1.807) is 0 Å². The lowest BCUT2D eigenvalue weighted by Crippen LogP contribution is -2.43. The van der Waals surface area contributed by atoms with E-state index >= 15 is 0 Å². The van der Waals surface area contributed by atoms with Crippen LogP contribution in [0.3, 0.4) is 0 Å². The lowest BCUT2D eigenvalue weighted by atomic mass is 9.87. The minimum Gasteiger partial charge on any atom is -0.337 e.